The zero-order chi connectivity index (χ0) is 30.1. The van der Waals surface area contributed by atoms with Crippen LogP contribution in [0.3, 0.4) is 0 Å². The second-order valence-electron chi connectivity index (χ2n) is 10.8. The van der Waals surface area contributed by atoms with Gasteiger partial charge in [0.1, 0.15) is 28.8 Å². The molecule has 0 saturated heterocycles. The van der Waals surface area contributed by atoms with Crippen molar-refractivity contribution in [2.75, 3.05) is 0 Å². The average Bonchev–Trinajstić information content (AvgIpc) is 2.91. The Bertz CT molecular complexity index is 1660. The molecule has 0 bridgehead atoms. The van der Waals surface area contributed by atoms with E-state index in [-0.39, 0.29) is 64.2 Å². The first-order chi connectivity index (χ1) is 20.0. The molecule has 3 atom stereocenters. The third-order valence-electron chi connectivity index (χ3n) is 7.72. The molecule has 214 valence electrons. The summed E-state index contributed by atoms with van der Waals surface area (Å²) in [5, 5.41) is 71.7. The number of carbonyl (C=O) groups excluding carboxylic acids is 1. The van der Waals surface area contributed by atoms with Gasteiger partial charge in [-0.05, 0) is 61.2 Å². The Morgan fingerprint density at radius 2 is 1.55 bits per heavy atom. The maximum absolute atomic E-state index is 14.2. The zero-order valence-electron chi connectivity index (χ0n) is 22.7. The number of phenols is 3. The normalized spacial score (nSPS) is 20.6. The van der Waals surface area contributed by atoms with Gasteiger partial charge in [0.2, 0.25) is 0 Å². The molecule has 0 spiro atoms. The quantitative estimate of drug-likeness (QED) is 0.133. The highest BCUT2D eigenvalue weighted by molar-refractivity contribution is 6.00. The number of aromatic hydroxyl groups is 5. The van der Waals surface area contributed by atoms with Crippen molar-refractivity contribution in [1.82, 2.24) is 0 Å². The molecule has 0 aromatic heterocycles. The standard InChI is InChI=1S/C34H30O8/c1-18-10-28(25-7-5-21(35)16-31(25)40)33(34(42)26-8-6-22(36)17-32(26)41)29(11-18)27-14-19(4-9-30(27)39)2-3-20-12-23(37)15-24(38)13-20/h2-4,9,11-17,28-29,33,35-41H,6,8,10H2,1H3/b3-2+. The molecule has 0 fully saturated rings. The Balaban J connectivity index is 1.62. The Labute approximate surface area is 242 Å². The molecule has 0 heterocycles. The Morgan fingerprint density at radius 1 is 0.833 bits per heavy atom. The van der Waals surface area contributed by atoms with Crippen molar-refractivity contribution in [2.24, 2.45) is 5.92 Å². The summed E-state index contributed by atoms with van der Waals surface area (Å²) in [4.78, 5) is 14.2. The molecule has 5 rings (SSSR count). The number of rotatable bonds is 6. The van der Waals surface area contributed by atoms with Gasteiger partial charge in [-0.2, -0.15) is 0 Å². The number of ketones is 1. The summed E-state index contributed by atoms with van der Waals surface area (Å²) in [6.07, 6.45) is 7.14. The largest absolute Gasteiger partial charge is 0.512 e. The number of aliphatic hydroxyl groups excluding tert-OH is 2. The fraction of sp³-hybridized carbons (Fsp3) is 0.206. The van der Waals surface area contributed by atoms with Gasteiger partial charge < -0.3 is 35.7 Å². The molecule has 0 radical (unpaired) electrons. The van der Waals surface area contributed by atoms with E-state index in [1.54, 1.807) is 24.3 Å². The van der Waals surface area contributed by atoms with Gasteiger partial charge in [0.25, 0.3) is 0 Å². The highest BCUT2D eigenvalue weighted by Crippen LogP contribution is 2.50. The van der Waals surface area contributed by atoms with Crippen LogP contribution >= 0.6 is 0 Å². The summed E-state index contributed by atoms with van der Waals surface area (Å²) in [6, 6.07) is 15.6. The fourth-order valence-corrected chi connectivity index (χ4v) is 5.83. The minimum Gasteiger partial charge on any atom is -0.512 e. The highest BCUT2D eigenvalue weighted by atomic mass is 16.3. The predicted molar refractivity (Wildman–Crippen MR) is 156 cm³/mol. The highest BCUT2D eigenvalue weighted by Gasteiger charge is 2.43. The van der Waals surface area contributed by atoms with Gasteiger partial charge >= 0.3 is 0 Å². The molecular weight excluding hydrogens is 536 g/mol. The number of allylic oxidation sites excluding steroid dienone is 5. The van der Waals surface area contributed by atoms with Crippen molar-refractivity contribution in [3.05, 3.63) is 112 Å². The van der Waals surface area contributed by atoms with E-state index in [1.165, 1.54) is 24.3 Å². The lowest BCUT2D eigenvalue weighted by Crippen LogP contribution is -2.33. The Morgan fingerprint density at radius 3 is 2.24 bits per heavy atom. The van der Waals surface area contributed by atoms with Gasteiger partial charge in [-0.3, -0.25) is 4.79 Å². The van der Waals surface area contributed by atoms with Crippen molar-refractivity contribution in [1.29, 1.82) is 0 Å². The van der Waals surface area contributed by atoms with Crippen LogP contribution in [0.1, 0.15) is 60.3 Å². The summed E-state index contributed by atoms with van der Waals surface area (Å²) in [7, 11) is 0. The van der Waals surface area contributed by atoms with Gasteiger partial charge in [-0.25, -0.2) is 0 Å². The second kappa shape index (κ2) is 11.3. The first-order valence-corrected chi connectivity index (χ1v) is 13.4. The molecule has 8 nitrogen and oxygen atoms in total. The van der Waals surface area contributed by atoms with Crippen LogP contribution in [0.25, 0.3) is 12.2 Å². The number of hydrogen-bond donors (Lipinski definition) is 7. The molecule has 2 aliphatic carbocycles. The lowest BCUT2D eigenvalue weighted by atomic mass is 9.65. The minimum absolute atomic E-state index is 0.0344. The summed E-state index contributed by atoms with van der Waals surface area (Å²) in [5.41, 5.74) is 2.97. The van der Waals surface area contributed by atoms with Gasteiger partial charge in [0.05, 0.1) is 5.76 Å². The molecule has 42 heavy (non-hydrogen) atoms. The maximum atomic E-state index is 14.2. The van der Waals surface area contributed by atoms with Crippen LogP contribution in [0.5, 0.6) is 28.7 Å². The van der Waals surface area contributed by atoms with E-state index in [4.69, 9.17) is 0 Å². The zero-order valence-corrected chi connectivity index (χ0v) is 22.7. The summed E-state index contributed by atoms with van der Waals surface area (Å²) in [6.45, 7) is 1.88. The first-order valence-electron chi connectivity index (χ1n) is 13.4. The Kier molecular flexibility index (Phi) is 7.60. The summed E-state index contributed by atoms with van der Waals surface area (Å²) < 4.78 is 0. The van der Waals surface area contributed by atoms with E-state index >= 15 is 0 Å². The van der Waals surface area contributed by atoms with Crippen molar-refractivity contribution >= 4 is 17.9 Å². The third kappa shape index (κ3) is 5.77. The van der Waals surface area contributed by atoms with Crippen LogP contribution in [0, 0.1) is 18.1 Å². The van der Waals surface area contributed by atoms with Crippen LogP contribution in [0.15, 0.2) is 77.3 Å². The average molecular weight is 567 g/mol. The minimum atomic E-state index is -0.896. The summed E-state index contributed by atoms with van der Waals surface area (Å²) in [5.74, 6) is -3.77. The molecule has 0 amide bonds. The lowest BCUT2D eigenvalue weighted by molar-refractivity contribution is -0.120. The number of carbonyl (C=O) groups is 1. The molecule has 7 N–H and O–H groups in total. The Hall–Kier alpha value is -5.29. The van der Waals surface area contributed by atoms with E-state index in [0.717, 1.165) is 17.7 Å². The molecule has 0 aliphatic heterocycles. The molecular formula is C34H30O8. The predicted octanol–water partition coefficient (Wildman–Crippen LogP) is 6.44. The molecule has 3 aromatic carbocycles. The van der Waals surface area contributed by atoms with Crippen molar-refractivity contribution in [2.45, 2.75) is 38.0 Å². The number of phenolic OH excluding ortho intramolecular Hbond substituents is 3. The number of benzene rings is 2. The summed E-state index contributed by atoms with van der Waals surface area (Å²) >= 11 is 0. The van der Waals surface area contributed by atoms with E-state index in [1.807, 2.05) is 13.0 Å². The van der Waals surface area contributed by atoms with Gasteiger partial charge in [-0.15, -0.1) is 0 Å². The van der Waals surface area contributed by atoms with Crippen molar-refractivity contribution in [3.63, 3.8) is 0 Å². The third-order valence-corrected chi connectivity index (χ3v) is 7.72. The maximum Gasteiger partial charge on any atom is 0.171 e. The van der Waals surface area contributed by atoms with Crippen LogP contribution in [-0.2, 0) is 4.79 Å². The van der Waals surface area contributed by atoms with Gasteiger partial charge in [0, 0.05) is 59.1 Å². The lowest BCUT2D eigenvalue weighted by Gasteiger charge is -2.37. The first kappa shape index (κ1) is 28.2. The van der Waals surface area contributed by atoms with Crippen molar-refractivity contribution < 1.29 is 40.5 Å². The molecule has 0 saturated carbocycles. The number of hydrogen-bond acceptors (Lipinski definition) is 8. The molecule has 8 heteroatoms. The van der Waals surface area contributed by atoms with E-state index in [9.17, 15) is 40.5 Å². The topological polar surface area (TPSA) is 159 Å². The van der Waals surface area contributed by atoms with E-state index in [0.29, 0.717) is 23.1 Å². The van der Waals surface area contributed by atoms with Crippen molar-refractivity contribution in [3.8, 4) is 28.7 Å². The van der Waals surface area contributed by atoms with Crippen LogP contribution in [-0.4, -0.2) is 41.5 Å². The van der Waals surface area contributed by atoms with E-state index < -0.39 is 23.5 Å². The van der Waals surface area contributed by atoms with Gasteiger partial charge in [-0.1, -0.05) is 35.9 Å². The molecule has 2 aliphatic rings. The molecule has 3 aromatic rings. The number of aliphatic hydroxyl groups is 2. The SMILES string of the molecule is CC1=CC(c2cc(/C=C/c3cc(O)cc(O)c3)ccc2O)C(C(=O)C2=C(O)C=C(O)CC2)C(c2c#cc(O)cc2O)C1. The fourth-order valence-electron chi connectivity index (χ4n) is 5.83. The second-order valence-corrected chi connectivity index (χ2v) is 10.8. The van der Waals surface area contributed by atoms with Gasteiger partial charge in [0.15, 0.2) is 11.5 Å². The van der Waals surface area contributed by atoms with Crippen LogP contribution in [0.4, 0.5) is 0 Å². The van der Waals surface area contributed by atoms with Crippen LogP contribution in [0.2, 0.25) is 0 Å². The number of Topliss-reactive ketones (excluding diaryl/α,β-unsaturated/α-hetero) is 1. The van der Waals surface area contributed by atoms with E-state index in [2.05, 4.69) is 12.1 Å². The van der Waals surface area contributed by atoms with Crippen LogP contribution < -0.4 is 0 Å². The monoisotopic (exact) mass is 566 g/mol. The smallest absolute Gasteiger partial charge is 0.171 e. The molecule has 3 unspecified atom stereocenters.